The van der Waals surface area contributed by atoms with E-state index in [4.69, 9.17) is 4.74 Å². The van der Waals surface area contributed by atoms with Gasteiger partial charge in [-0.15, -0.1) is 0 Å². The second-order valence-corrected chi connectivity index (χ2v) is 6.33. The average molecular weight is 256 g/mol. The predicted octanol–water partition coefficient (Wildman–Crippen LogP) is 3.70. The molecule has 0 radical (unpaired) electrons. The van der Waals surface area contributed by atoms with Crippen LogP contribution in [0, 0.1) is 5.92 Å². The molecule has 1 saturated carbocycles. The van der Waals surface area contributed by atoms with Gasteiger partial charge in [-0.05, 0) is 49.7 Å². The van der Waals surface area contributed by atoms with Gasteiger partial charge < -0.3 is 4.74 Å². The van der Waals surface area contributed by atoms with Gasteiger partial charge in [-0.2, -0.15) is 0 Å². The molecule has 2 heteroatoms. The highest BCUT2D eigenvalue weighted by atomic mass is 16.5. The molecule has 2 aliphatic heterocycles. The highest BCUT2D eigenvalue weighted by Gasteiger charge is 2.44. The van der Waals surface area contributed by atoms with Crippen LogP contribution in [0.25, 0.3) is 0 Å². The maximum absolute atomic E-state index is 12.6. The molecule has 2 bridgehead atoms. The first kappa shape index (κ1) is 11.7. The van der Waals surface area contributed by atoms with E-state index < -0.39 is 0 Å². The van der Waals surface area contributed by atoms with E-state index in [9.17, 15) is 4.79 Å². The van der Waals surface area contributed by atoms with E-state index in [1.165, 1.54) is 24.8 Å². The Morgan fingerprint density at radius 3 is 2.68 bits per heavy atom. The largest absolute Gasteiger partial charge is 0.374 e. The number of Topliss-reactive ketones (excluding diaryl/α,β-unsaturated/α-hetero) is 1. The molecule has 4 rings (SSSR count). The van der Waals surface area contributed by atoms with E-state index in [0.29, 0.717) is 17.8 Å². The van der Waals surface area contributed by atoms with Gasteiger partial charge in [0.2, 0.25) is 0 Å². The van der Waals surface area contributed by atoms with Gasteiger partial charge >= 0.3 is 0 Å². The molecule has 2 heterocycles. The van der Waals surface area contributed by atoms with Crippen molar-refractivity contribution >= 4 is 5.78 Å². The molecule has 3 aliphatic rings. The Kier molecular flexibility index (Phi) is 2.73. The third kappa shape index (κ3) is 1.93. The Bertz CT molecular complexity index is 504. The molecule has 19 heavy (non-hydrogen) atoms. The van der Waals surface area contributed by atoms with Gasteiger partial charge in [0.25, 0.3) is 0 Å². The van der Waals surface area contributed by atoms with E-state index in [1.807, 2.05) is 6.07 Å². The average Bonchev–Trinajstić information content (AvgIpc) is 2.98. The maximum Gasteiger partial charge on any atom is 0.168 e. The molecule has 0 aromatic heterocycles. The molecule has 0 spiro atoms. The van der Waals surface area contributed by atoms with Crippen LogP contribution in [0.2, 0.25) is 0 Å². The lowest BCUT2D eigenvalue weighted by atomic mass is 9.78. The predicted molar refractivity (Wildman–Crippen MR) is 73.4 cm³/mol. The van der Waals surface area contributed by atoms with Crippen molar-refractivity contribution in [2.75, 3.05) is 0 Å². The molecule has 1 aromatic carbocycles. The van der Waals surface area contributed by atoms with Crippen molar-refractivity contribution < 1.29 is 9.53 Å². The van der Waals surface area contributed by atoms with Crippen LogP contribution in [0.15, 0.2) is 24.3 Å². The Balaban J connectivity index is 1.56. The van der Waals surface area contributed by atoms with Crippen molar-refractivity contribution in [2.24, 2.45) is 5.92 Å². The third-order valence-electron chi connectivity index (χ3n) is 5.19. The number of ketones is 1. The lowest BCUT2D eigenvalue weighted by Gasteiger charge is -2.26. The lowest BCUT2D eigenvalue weighted by molar-refractivity contribution is 0.0743. The zero-order chi connectivity index (χ0) is 12.8. The normalized spacial score (nSPS) is 33.4. The van der Waals surface area contributed by atoms with Gasteiger partial charge in [0, 0.05) is 5.56 Å². The second-order valence-electron chi connectivity index (χ2n) is 6.33. The molecule has 2 saturated heterocycles. The minimum absolute atomic E-state index is 0.121. The number of fused-ring (bicyclic) bond motifs is 2. The van der Waals surface area contributed by atoms with Gasteiger partial charge in [-0.1, -0.05) is 24.6 Å². The summed E-state index contributed by atoms with van der Waals surface area (Å²) in [6.07, 6.45) is 7.63. The van der Waals surface area contributed by atoms with Crippen LogP contribution in [-0.2, 0) is 4.74 Å². The highest BCUT2D eigenvalue weighted by Crippen LogP contribution is 2.41. The molecule has 0 N–H and O–H groups in total. The molecule has 2 nitrogen and oxygen atoms in total. The van der Waals surface area contributed by atoms with Gasteiger partial charge in [-0.25, -0.2) is 0 Å². The van der Waals surface area contributed by atoms with Crippen molar-refractivity contribution in [1.29, 1.82) is 0 Å². The first-order chi connectivity index (χ1) is 9.31. The molecule has 3 fully saturated rings. The Labute approximate surface area is 114 Å². The van der Waals surface area contributed by atoms with Crippen LogP contribution in [0.4, 0.5) is 0 Å². The number of ether oxygens (including phenoxy) is 1. The van der Waals surface area contributed by atoms with E-state index in [2.05, 4.69) is 18.2 Å². The summed E-state index contributed by atoms with van der Waals surface area (Å²) < 4.78 is 5.82. The summed E-state index contributed by atoms with van der Waals surface area (Å²) in [5.74, 6) is 1.13. The van der Waals surface area contributed by atoms with Crippen LogP contribution >= 0.6 is 0 Å². The standard InChI is InChI=1S/C17H20O2/c18-17(15-10-14-7-8-16(15)19-14)13-6-2-5-12(9-13)11-3-1-4-11/h2,5-6,9,11,14-16H,1,3-4,7-8,10H2. The molecular weight excluding hydrogens is 236 g/mol. The van der Waals surface area contributed by atoms with Crippen molar-refractivity contribution in [3.8, 4) is 0 Å². The van der Waals surface area contributed by atoms with Gasteiger partial charge in [0.05, 0.1) is 18.1 Å². The Morgan fingerprint density at radius 1 is 1.16 bits per heavy atom. The number of carbonyl (C=O) groups excluding carboxylic acids is 1. The first-order valence-electron chi connectivity index (χ1n) is 7.61. The molecule has 100 valence electrons. The molecule has 1 aromatic rings. The molecular formula is C17H20O2. The van der Waals surface area contributed by atoms with Crippen LogP contribution in [0.1, 0.15) is 60.4 Å². The number of carbonyl (C=O) groups is 1. The zero-order valence-electron chi connectivity index (χ0n) is 11.2. The number of rotatable bonds is 3. The van der Waals surface area contributed by atoms with Crippen LogP contribution < -0.4 is 0 Å². The molecule has 3 atom stereocenters. The fourth-order valence-electron chi connectivity index (χ4n) is 3.82. The SMILES string of the molecule is O=C(c1cccc(C2CCC2)c1)C1CC2CCC1O2. The Morgan fingerprint density at radius 2 is 2.05 bits per heavy atom. The lowest BCUT2D eigenvalue weighted by Crippen LogP contribution is -2.25. The van der Waals surface area contributed by atoms with E-state index in [-0.39, 0.29) is 12.0 Å². The fraction of sp³-hybridized carbons (Fsp3) is 0.588. The summed E-state index contributed by atoms with van der Waals surface area (Å²) in [6, 6.07) is 8.35. The van der Waals surface area contributed by atoms with Crippen molar-refractivity contribution in [3.63, 3.8) is 0 Å². The van der Waals surface area contributed by atoms with Crippen LogP contribution in [-0.4, -0.2) is 18.0 Å². The summed E-state index contributed by atoms with van der Waals surface area (Å²) in [5.41, 5.74) is 2.27. The van der Waals surface area contributed by atoms with Gasteiger partial charge in [-0.3, -0.25) is 4.79 Å². The minimum atomic E-state index is 0.121. The third-order valence-corrected chi connectivity index (χ3v) is 5.19. The van der Waals surface area contributed by atoms with Gasteiger partial charge in [0.15, 0.2) is 5.78 Å². The quantitative estimate of drug-likeness (QED) is 0.771. The summed E-state index contributed by atoms with van der Waals surface area (Å²) in [6.45, 7) is 0. The fourth-order valence-corrected chi connectivity index (χ4v) is 3.82. The minimum Gasteiger partial charge on any atom is -0.374 e. The van der Waals surface area contributed by atoms with E-state index >= 15 is 0 Å². The van der Waals surface area contributed by atoms with Crippen molar-refractivity contribution in [2.45, 2.75) is 56.7 Å². The summed E-state index contributed by atoms with van der Waals surface area (Å²) in [4.78, 5) is 12.6. The van der Waals surface area contributed by atoms with Crippen molar-refractivity contribution in [3.05, 3.63) is 35.4 Å². The number of benzene rings is 1. The van der Waals surface area contributed by atoms with Crippen LogP contribution in [0.5, 0.6) is 0 Å². The molecule has 0 amide bonds. The Hall–Kier alpha value is -1.15. The zero-order valence-corrected chi connectivity index (χ0v) is 11.2. The van der Waals surface area contributed by atoms with Gasteiger partial charge in [0.1, 0.15) is 0 Å². The first-order valence-corrected chi connectivity index (χ1v) is 7.61. The highest BCUT2D eigenvalue weighted by molar-refractivity contribution is 5.98. The monoisotopic (exact) mass is 256 g/mol. The number of hydrogen-bond donors (Lipinski definition) is 0. The maximum atomic E-state index is 12.6. The van der Waals surface area contributed by atoms with E-state index in [1.54, 1.807) is 0 Å². The summed E-state index contributed by atoms with van der Waals surface area (Å²) in [7, 11) is 0. The molecule has 3 unspecified atom stereocenters. The number of hydrogen-bond acceptors (Lipinski definition) is 2. The topological polar surface area (TPSA) is 26.3 Å². The van der Waals surface area contributed by atoms with E-state index in [0.717, 1.165) is 24.8 Å². The molecule has 1 aliphatic carbocycles. The summed E-state index contributed by atoms with van der Waals surface area (Å²) >= 11 is 0. The second kappa shape index (κ2) is 4.45. The smallest absolute Gasteiger partial charge is 0.168 e. The van der Waals surface area contributed by atoms with Crippen LogP contribution in [0.3, 0.4) is 0 Å². The van der Waals surface area contributed by atoms with Crippen molar-refractivity contribution in [1.82, 2.24) is 0 Å². The summed E-state index contributed by atoms with van der Waals surface area (Å²) in [5, 5.41) is 0.